The molecule has 0 aliphatic carbocycles. The van der Waals surface area contributed by atoms with Crippen LogP contribution in [-0.4, -0.2) is 29.5 Å². The second-order valence-electron chi connectivity index (χ2n) is 2.91. The molecule has 0 saturated heterocycles. The smallest absolute Gasteiger partial charge is 0.321 e. The Bertz CT molecular complexity index is 326. The summed E-state index contributed by atoms with van der Waals surface area (Å²) >= 11 is 0. The fraction of sp³-hybridized carbons (Fsp3) is 0.333. The SMILES string of the molecule is CCN(C)C(=O)Nc1ccncc1N. The minimum Gasteiger partial charge on any atom is -0.396 e. The lowest BCUT2D eigenvalue weighted by molar-refractivity contribution is 0.224. The highest BCUT2D eigenvalue weighted by Crippen LogP contribution is 2.15. The number of hydrogen-bond acceptors (Lipinski definition) is 3. The number of pyridine rings is 1. The Balaban J connectivity index is 2.70. The highest BCUT2D eigenvalue weighted by Gasteiger charge is 2.07. The fourth-order valence-corrected chi connectivity index (χ4v) is 0.875. The molecule has 14 heavy (non-hydrogen) atoms. The summed E-state index contributed by atoms with van der Waals surface area (Å²) in [5.74, 6) is 0. The molecule has 0 atom stereocenters. The lowest BCUT2D eigenvalue weighted by Gasteiger charge is -2.16. The van der Waals surface area contributed by atoms with Gasteiger partial charge in [-0.25, -0.2) is 4.79 Å². The van der Waals surface area contributed by atoms with Crippen LogP contribution in [0, 0.1) is 0 Å². The van der Waals surface area contributed by atoms with Gasteiger partial charge in [-0.2, -0.15) is 0 Å². The van der Waals surface area contributed by atoms with E-state index in [1.165, 1.54) is 6.20 Å². The van der Waals surface area contributed by atoms with E-state index in [2.05, 4.69) is 10.3 Å². The van der Waals surface area contributed by atoms with Crippen molar-refractivity contribution in [1.82, 2.24) is 9.88 Å². The maximum Gasteiger partial charge on any atom is 0.321 e. The van der Waals surface area contributed by atoms with Gasteiger partial charge in [0.1, 0.15) is 0 Å². The van der Waals surface area contributed by atoms with Gasteiger partial charge in [-0.1, -0.05) is 0 Å². The van der Waals surface area contributed by atoms with E-state index in [0.717, 1.165) is 0 Å². The number of nitrogen functional groups attached to an aromatic ring is 1. The molecule has 5 nitrogen and oxygen atoms in total. The number of nitrogens with one attached hydrogen (secondary N) is 1. The number of urea groups is 1. The molecule has 0 aromatic carbocycles. The van der Waals surface area contributed by atoms with Gasteiger partial charge in [-0.3, -0.25) is 4.98 Å². The van der Waals surface area contributed by atoms with E-state index in [1.54, 1.807) is 24.2 Å². The third kappa shape index (κ3) is 2.35. The monoisotopic (exact) mass is 194 g/mol. The first-order valence-electron chi connectivity index (χ1n) is 4.36. The number of amides is 2. The molecule has 3 N–H and O–H groups in total. The molecule has 0 aliphatic rings. The van der Waals surface area contributed by atoms with Crippen molar-refractivity contribution in [2.75, 3.05) is 24.6 Å². The molecule has 5 heteroatoms. The zero-order chi connectivity index (χ0) is 10.6. The van der Waals surface area contributed by atoms with E-state index >= 15 is 0 Å². The number of anilines is 2. The number of nitrogens with zero attached hydrogens (tertiary/aromatic N) is 2. The summed E-state index contributed by atoms with van der Waals surface area (Å²) in [6.07, 6.45) is 3.08. The van der Waals surface area contributed by atoms with Crippen molar-refractivity contribution < 1.29 is 4.79 Å². The molecule has 0 spiro atoms. The molecule has 0 aliphatic heterocycles. The van der Waals surface area contributed by atoms with Crippen LogP contribution in [0.4, 0.5) is 16.2 Å². The Morgan fingerprint density at radius 3 is 3.00 bits per heavy atom. The summed E-state index contributed by atoms with van der Waals surface area (Å²) in [5, 5.41) is 2.68. The van der Waals surface area contributed by atoms with Crippen molar-refractivity contribution in [2.24, 2.45) is 0 Å². The van der Waals surface area contributed by atoms with Gasteiger partial charge in [0.25, 0.3) is 0 Å². The first-order chi connectivity index (χ1) is 6.65. The van der Waals surface area contributed by atoms with Crippen LogP contribution in [0.2, 0.25) is 0 Å². The summed E-state index contributed by atoms with van der Waals surface area (Å²) in [6, 6.07) is 1.49. The summed E-state index contributed by atoms with van der Waals surface area (Å²) in [4.78, 5) is 16.8. The first kappa shape index (κ1) is 10.3. The molecule has 0 radical (unpaired) electrons. The van der Waals surface area contributed by atoms with Crippen LogP contribution in [-0.2, 0) is 0 Å². The molecule has 76 valence electrons. The normalized spacial score (nSPS) is 9.57. The molecular weight excluding hydrogens is 180 g/mol. The topological polar surface area (TPSA) is 71.2 Å². The van der Waals surface area contributed by atoms with Crippen molar-refractivity contribution >= 4 is 17.4 Å². The Kier molecular flexibility index (Phi) is 3.28. The van der Waals surface area contributed by atoms with Crippen LogP contribution < -0.4 is 11.1 Å². The second-order valence-corrected chi connectivity index (χ2v) is 2.91. The first-order valence-corrected chi connectivity index (χ1v) is 4.36. The molecule has 2 amide bonds. The zero-order valence-corrected chi connectivity index (χ0v) is 8.32. The lowest BCUT2D eigenvalue weighted by Crippen LogP contribution is -2.31. The van der Waals surface area contributed by atoms with Gasteiger partial charge in [-0.15, -0.1) is 0 Å². The van der Waals surface area contributed by atoms with E-state index in [9.17, 15) is 4.79 Å². The zero-order valence-electron chi connectivity index (χ0n) is 8.32. The van der Waals surface area contributed by atoms with Crippen LogP contribution in [0.15, 0.2) is 18.5 Å². The molecule has 0 unspecified atom stereocenters. The minimum absolute atomic E-state index is 0.176. The predicted octanol–water partition coefficient (Wildman–Crippen LogP) is 1.15. The Morgan fingerprint density at radius 1 is 1.71 bits per heavy atom. The van der Waals surface area contributed by atoms with E-state index < -0.39 is 0 Å². The van der Waals surface area contributed by atoms with Gasteiger partial charge in [0.05, 0.1) is 17.6 Å². The third-order valence-electron chi connectivity index (χ3n) is 1.91. The van der Waals surface area contributed by atoms with E-state index in [1.807, 2.05) is 6.92 Å². The van der Waals surface area contributed by atoms with Gasteiger partial charge in [0.2, 0.25) is 0 Å². The molecule has 1 rings (SSSR count). The number of hydrogen-bond donors (Lipinski definition) is 2. The van der Waals surface area contributed by atoms with Crippen LogP contribution in [0.25, 0.3) is 0 Å². The van der Waals surface area contributed by atoms with Gasteiger partial charge >= 0.3 is 6.03 Å². The van der Waals surface area contributed by atoms with Crippen molar-refractivity contribution in [3.05, 3.63) is 18.5 Å². The number of carbonyl (C=O) groups excluding carboxylic acids is 1. The molecule has 1 aromatic heterocycles. The number of aromatic nitrogens is 1. The van der Waals surface area contributed by atoms with Crippen LogP contribution >= 0.6 is 0 Å². The molecule has 0 bridgehead atoms. The molecule has 0 saturated carbocycles. The highest BCUT2D eigenvalue weighted by molar-refractivity contribution is 5.92. The summed E-state index contributed by atoms with van der Waals surface area (Å²) < 4.78 is 0. The predicted molar refractivity (Wildman–Crippen MR) is 56.0 cm³/mol. The van der Waals surface area contributed by atoms with Crippen LogP contribution in [0.3, 0.4) is 0 Å². The minimum atomic E-state index is -0.176. The second kappa shape index (κ2) is 4.45. The summed E-state index contributed by atoms with van der Waals surface area (Å²) in [5.41, 5.74) is 6.67. The number of rotatable bonds is 2. The number of nitrogens with two attached hydrogens (primary N) is 1. The van der Waals surface area contributed by atoms with Gasteiger partial charge < -0.3 is 16.0 Å². The molecule has 0 fully saturated rings. The van der Waals surface area contributed by atoms with E-state index in [0.29, 0.717) is 17.9 Å². The Morgan fingerprint density at radius 2 is 2.43 bits per heavy atom. The summed E-state index contributed by atoms with van der Waals surface area (Å²) in [7, 11) is 1.71. The largest absolute Gasteiger partial charge is 0.396 e. The maximum absolute atomic E-state index is 11.4. The summed E-state index contributed by atoms with van der Waals surface area (Å²) in [6.45, 7) is 2.55. The molecular formula is C9H14N4O. The average Bonchev–Trinajstić information content (AvgIpc) is 2.20. The standard InChI is InChI=1S/C9H14N4O/c1-3-13(2)9(14)12-8-4-5-11-6-7(8)10/h4-6H,3,10H2,1-2H3,(H,11,12,14). The highest BCUT2D eigenvalue weighted by atomic mass is 16.2. The van der Waals surface area contributed by atoms with Gasteiger partial charge in [0, 0.05) is 19.8 Å². The van der Waals surface area contributed by atoms with Crippen molar-refractivity contribution in [3.63, 3.8) is 0 Å². The lowest BCUT2D eigenvalue weighted by atomic mass is 10.3. The van der Waals surface area contributed by atoms with Crippen molar-refractivity contribution in [2.45, 2.75) is 6.92 Å². The quantitative estimate of drug-likeness (QED) is 0.741. The van der Waals surface area contributed by atoms with Gasteiger partial charge in [-0.05, 0) is 13.0 Å². The Hall–Kier alpha value is -1.78. The van der Waals surface area contributed by atoms with E-state index in [-0.39, 0.29) is 6.03 Å². The average molecular weight is 194 g/mol. The third-order valence-corrected chi connectivity index (χ3v) is 1.91. The van der Waals surface area contributed by atoms with E-state index in [4.69, 9.17) is 5.73 Å². The fourth-order valence-electron chi connectivity index (χ4n) is 0.875. The van der Waals surface area contributed by atoms with Crippen LogP contribution in [0.5, 0.6) is 0 Å². The Labute approximate surface area is 82.9 Å². The number of carbonyl (C=O) groups is 1. The molecule has 1 heterocycles. The van der Waals surface area contributed by atoms with Crippen molar-refractivity contribution in [3.8, 4) is 0 Å². The maximum atomic E-state index is 11.4. The van der Waals surface area contributed by atoms with Crippen LogP contribution in [0.1, 0.15) is 6.92 Å². The van der Waals surface area contributed by atoms with Crippen molar-refractivity contribution in [1.29, 1.82) is 0 Å². The molecule has 1 aromatic rings. The van der Waals surface area contributed by atoms with Gasteiger partial charge in [0.15, 0.2) is 0 Å².